The highest BCUT2D eigenvalue weighted by atomic mass is 32.2. The van der Waals surface area contributed by atoms with Crippen LogP contribution in [0.25, 0.3) is 10.2 Å². The van der Waals surface area contributed by atoms with Gasteiger partial charge in [0.15, 0.2) is 0 Å². The molecule has 2 rings (SSSR count). The molecule has 14 heavy (non-hydrogen) atoms. The number of aliphatic hydroxyl groups excluding tert-OH is 1. The first kappa shape index (κ1) is 9.89. The lowest BCUT2D eigenvalue weighted by Gasteiger charge is -2.06. The van der Waals surface area contributed by atoms with Gasteiger partial charge >= 0.3 is 0 Å². The molecule has 0 bridgehead atoms. The Morgan fingerprint density at radius 3 is 3.21 bits per heavy atom. The van der Waals surface area contributed by atoms with Crippen LogP contribution in [0.5, 0.6) is 0 Å². The van der Waals surface area contributed by atoms with E-state index in [1.807, 2.05) is 18.4 Å². The number of aromatic nitrogens is 2. The van der Waals surface area contributed by atoms with Gasteiger partial charge in [0, 0.05) is 10.6 Å². The fraction of sp³-hybridized carbons (Fsp3) is 0.333. The van der Waals surface area contributed by atoms with Gasteiger partial charge in [-0.2, -0.15) is 0 Å². The average Bonchev–Trinajstić information content (AvgIpc) is 2.66. The van der Waals surface area contributed by atoms with Crippen molar-refractivity contribution in [2.75, 3.05) is 6.61 Å². The number of thiophene rings is 1. The van der Waals surface area contributed by atoms with Crippen LogP contribution < -0.4 is 0 Å². The predicted octanol–water partition coefficient (Wildman–Crippen LogP) is 2.16. The lowest BCUT2D eigenvalue weighted by molar-refractivity contribution is 0.300. The lowest BCUT2D eigenvalue weighted by atomic mass is 10.4. The molecule has 1 atom stereocenters. The monoisotopic (exact) mass is 226 g/mol. The van der Waals surface area contributed by atoms with E-state index in [-0.39, 0.29) is 11.9 Å². The molecule has 0 aliphatic rings. The highest BCUT2D eigenvalue weighted by molar-refractivity contribution is 8.00. The number of rotatable bonds is 3. The van der Waals surface area contributed by atoms with Crippen molar-refractivity contribution in [1.82, 2.24) is 9.97 Å². The van der Waals surface area contributed by atoms with Gasteiger partial charge in [-0.05, 0) is 11.4 Å². The summed E-state index contributed by atoms with van der Waals surface area (Å²) in [6, 6.07) is 2.02. The Bertz CT molecular complexity index is 429. The third-order valence-corrected chi connectivity index (χ3v) is 3.72. The SMILES string of the molecule is CC(CO)Sc1ncnc2sccc12. The molecular weight excluding hydrogens is 216 g/mol. The average molecular weight is 226 g/mol. The number of aliphatic hydroxyl groups is 1. The largest absolute Gasteiger partial charge is 0.395 e. The molecule has 0 fully saturated rings. The maximum atomic E-state index is 8.96. The summed E-state index contributed by atoms with van der Waals surface area (Å²) in [6.07, 6.45) is 1.57. The summed E-state index contributed by atoms with van der Waals surface area (Å²) in [5.74, 6) is 0. The van der Waals surface area contributed by atoms with Crippen molar-refractivity contribution in [2.45, 2.75) is 17.2 Å². The zero-order valence-electron chi connectivity index (χ0n) is 7.67. The van der Waals surface area contributed by atoms with Gasteiger partial charge in [-0.1, -0.05) is 6.92 Å². The molecule has 0 saturated heterocycles. The van der Waals surface area contributed by atoms with Crippen molar-refractivity contribution in [3.63, 3.8) is 0 Å². The topological polar surface area (TPSA) is 46.0 Å². The van der Waals surface area contributed by atoms with Crippen LogP contribution in [0.3, 0.4) is 0 Å². The Labute approximate surface area is 90.2 Å². The van der Waals surface area contributed by atoms with Gasteiger partial charge in [0.05, 0.1) is 6.61 Å². The van der Waals surface area contributed by atoms with Crippen LogP contribution in [0.4, 0.5) is 0 Å². The van der Waals surface area contributed by atoms with Crippen LogP contribution in [0, 0.1) is 0 Å². The van der Waals surface area contributed by atoms with E-state index in [4.69, 9.17) is 5.11 Å². The molecule has 74 valence electrons. The number of hydrogen-bond acceptors (Lipinski definition) is 5. The maximum absolute atomic E-state index is 8.96. The summed E-state index contributed by atoms with van der Waals surface area (Å²) in [6.45, 7) is 2.14. The molecule has 0 aliphatic heterocycles. The summed E-state index contributed by atoms with van der Waals surface area (Å²) in [4.78, 5) is 9.39. The van der Waals surface area contributed by atoms with Crippen molar-refractivity contribution in [2.24, 2.45) is 0 Å². The minimum atomic E-state index is 0.167. The Morgan fingerprint density at radius 1 is 1.57 bits per heavy atom. The van der Waals surface area contributed by atoms with Crippen molar-refractivity contribution in [3.05, 3.63) is 17.8 Å². The number of thioether (sulfide) groups is 1. The standard InChI is InChI=1S/C9H10N2OS2/c1-6(4-12)14-9-7-2-3-13-8(7)10-5-11-9/h2-3,5-6,12H,4H2,1H3. The van der Waals surface area contributed by atoms with Crippen LogP contribution in [-0.2, 0) is 0 Å². The molecule has 2 heterocycles. The van der Waals surface area contributed by atoms with Gasteiger partial charge in [0.1, 0.15) is 16.2 Å². The summed E-state index contributed by atoms with van der Waals surface area (Å²) in [5.41, 5.74) is 0. The normalized spacial score (nSPS) is 13.3. The second-order valence-corrected chi connectivity index (χ2v) is 5.25. The van der Waals surface area contributed by atoms with E-state index in [0.717, 1.165) is 15.2 Å². The first-order chi connectivity index (χ1) is 6.81. The molecule has 1 N–H and O–H groups in total. The Kier molecular flexibility index (Phi) is 3.00. The summed E-state index contributed by atoms with van der Waals surface area (Å²) in [7, 11) is 0. The molecular formula is C9H10N2OS2. The first-order valence-corrected chi connectivity index (χ1v) is 6.03. The summed E-state index contributed by atoms with van der Waals surface area (Å²) < 4.78 is 0. The van der Waals surface area contributed by atoms with Gasteiger partial charge in [0.2, 0.25) is 0 Å². The second-order valence-electron chi connectivity index (χ2n) is 2.93. The van der Waals surface area contributed by atoms with Crippen LogP contribution >= 0.6 is 23.1 Å². The minimum absolute atomic E-state index is 0.167. The quantitative estimate of drug-likeness (QED) is 0.643. The number of fused-ring (bicyclic) bond motifs is 1. The molecule has 0 spiro atoms. The molecule has 0 radical (unpaired) electrons. The van der Waals surface area contributed by atoms with E-state index in [9.17, 15) is 0 Å². The van der Waals surface area contributed by atoms with Gasteiger partial charge in [0.25, 0.3) is 0 Å². The van der Waals surface area contributed by atoms with Crippen molar-refractivity contribution < 1.29 is 5.11 Å². The third kappa shape index (κ3) is 1.89. The maximum Gasteiger partial charge on any atom is 0.127 e. The molecule has 2 aromatic rings. The summed E-state index contributed by atoms with van der Waals surface area (Å²) >= 11 is 3.19. The highest BCUT2D eigenvalue weighted by Crippen LogP contribution is 2.29. The van der Waals surface area contributed by atoms with E-state index in [0.29, 0.717) is 0 Å². The Balaban J connectivity index is 2.36. The Hall–Kier alpha value is -0.650. The first-order valence-electron chi connectivity index (χ1n) is 4.27. The molecule has 0 aliphatic carbocycles. The van der Waals surface area contributed by atoms with Gasteiger partial charge in [-0.3, -0.25) is 0 Å². The van der Waals surface area contributed by atoms with E-state index < -0.39 is 0 Å². The van der Waals surface area contributed by atoms with Crippen LogP contribution in [0.15, 0.2) is 22.8 Å². The smallest absolute Gasteiger partial charge is 0.127 e. The molecule has 0 saturated carbocycles. The summed E-state index contributed by atoms with van der Waals surface area (Å²) in [5, 5.41) is 13.2. The van der Waals surface area contributed by atoms with Crippen LogP contribution in [0.2, 0.25) is 0 Å². The molecule has 0 aromatic carbocycles. The zero-order chi connectivity index (χ0) is 9.97. The van der Waals surface area contributed by atoms with Crippen LogP contribution in [0.1, 0.15) is 6.92 Å². The molecule has 3 nitrogen and oxygen atoms in total. The third-order valence-electron chi connectivity index (χ3n) is 1.80. The molecule has 2 aromatic heterocycles. The van der Waals surface area contributed by atoms with Crippen LogP contribution in [-0.4, -0.2) is 26.9 Å². The fourth-order valence-corrected chi connectivity index (χ4v) is 2.74. The van der Waals surface area contributed by atoms with E-state index in [2.05, 4.69) is 9.97 Å². The Morgan fingerprint density at radius 2 is 2.43 bits per heavy atom. The van der Waals surface area contributed by atoms with E-state index >= 15 is 0 Å². The highest BCUT2D eigenvalue weighted by Gasteiger charge is 2.08. The van der Waals surface area contributed by atoms with Gasteiger partial charge in [-0.15, -0.1) is 23.1 Å². The fourth-order valence-electron chi connectivity index (χ4n) is 1.09. The zero-order valence-corrected chi connectivity index (χ0v) is 9.31. The number of nitrogens with zero attached hydrogens (tertiary/aromatic N) is 2. The van der Waals surface area contributed by atoms with Crippen molar-refractivity contribution in [1.29, 1.82) is 0 Å². The molecule has 0 amide bonds. The molecule has 1 unspecified atom stereocenters. The number of hydrogen-bond donors (Lipinski definition) is 1. The predicted molar refractivity (Wildman–Crippen MR) is 59.8 cm³/mol. The minimum Gasteiger partial charge on any atom is -0.395 e. The van der Waals surface area contributed by atoms with Gasteiger partial charge < -0.3 is 5.11 Å². The van der Waals surface area contributed by atoms with E-state index in [1.165, 1.54) is 0 Å². The lowest BCUT2D eigenvalue weighted by Crippen LogP contribution is -2.02. The second kappa shape index (κ2) is 4.25. The van der Waals surface area contributed by atoms with Crippen molar-refractivity contribution in [3.8, 4) is 0 Å². The van der Waals surface area contributed by atoms with Crippen molar-refractivity contribution >= 4 is 33.3 Å². The van der Waals surface area contributed by atoms with Gasteiger partial charge in [-0.25, -0.2) is 9.97 Å². The molecule has 5 heteroatoms. The van der Waals surface area contributed by atoms with E-state index in [1.54, 1.807) is 29.4 Å².